The van der Waals surface area contributed by atoms with Crippen molar-refractivity contribution in [2.75, 3.05) is 13.1 Å². The van der Waals surface area contributed by atoms with E-state index in [-0.39, 0.29) is 11.8 Å². The lowest BCUT2D eigenvalue weighted by Gasteiger charge is -2.20. The average Bonchev–Trinajstić information content (AvgIpc) is 2.80. The molecule has 1 heterocycles. The molecule has 0 unspecified atom stereocenters. The van der Waals surface area contributed by atoms with Crippen LogP contribution in [0.4, 0.5) is 0 Å². The number of hydrogen-bond donors (Lipinski definition) is 1. The molecule has 0 radical (unpaired) electrons. The summed E-state index contributed by atoms with van der Waals surface area (Å²) >= 11 is 1.63. The third kappa shape index (κ3) is 5.14. The molecule has 18 heavy (non-hydrogen) atoms. The predicted octanol–water partition coefficient (Wildman–Crippen LogP) is 1.79. The quantitative estimate of drug-likeness (QED) is 0.765. The van der Waals surface area contributed by atoms with Crippen LogP contribution in [-0.2, 0) is 16.1 Å². The van der Waals surface area contributed by atoms with Crippen molar-refractivity contribution in [1.29, 1.82) is 0 Å². The van der Waals surface area contributed by atoms with Gasteiger partial charge in [-0.3, -0.25) is 9.59 Å². The van der Waals surface area contributed by atoms with Gasteiger partial charge in [-0.1, -0.05) is 12.1 Å². The number of rotatable bonds is 7. The summed E-state index contributed by atoms with van der Waals surface area (Å²) in [6, 6.07) is 3.97. The van der Waals surface area contributed by atoms with E-state index in [2.05, 4.69) is 11.9 Å². The monoisotopic (exact) mass is 266 g/mol. The Morgan fingerprint density at radius 2 is 2.33 bits per heavy atom. The van der Waals surface area contributed by atoms with Gasteiger partial charge in [-0.2, -0.15) is 0 Å². The van der Waals surface area contributed by atoms with Gasteiger partial charge >= 0.3 is 0 Å². The maximum Gasteiger partial charge on any atom is 0.224 e. The van der Waals surface area contributed by atoms with Gasteiger partial charge < -0.3 is 10.2 Å². The topological polar surface area (TPSA) is 49.4 Å². The van der Waals surface area contributed by atoms with E-state index in [1.54, 1.807) is 22.3 Å². The molecule has 0 fully saturated rings. The zero-order valence-electron chi connectivity index (χ0n) is 10.5. The molecule has 0 aliphatic rings. The van der Waals surface area contributed by atoms with Gasteiger partial charge in [0.25, 0.3) is 0 Å². The summed E-state index contributed by atoms with van der Waals surface area (Å²) in [4.78, 5) is 25.6. The van der Waals surface area contributed by atoms with Crippen molar-refractivity contribution < 1.29 is 9.59 Å². The minimum absolute atomic E-state index is 0.0250. The molecule has 0 aromatic carbocycles. The molecule has 2 amide bonds. The molecular formula is C13H18N2O2S. The molecule has 0 saturated carbocycles. The minimum Gasteiger partial charge on any atom is -0.356 e. The number of amides is 2. The number of carbonyl (C=O) groups is 2. The minimum atomic E-state index is -0.115. The molecule has 4 nitrogen and oxygen atoms in total. The van der Waals surface area contributed by atoms with Crippen LogP contribution >= 0.6 is 11.3 Å². The fourth-order valence-electron chi connectivity index (χ4n) is 1.50. The lowest BCUT2D eigenvalue weighted by molar-refractivity contribution is -0.131. The summed E-state index contributed by atoms with van der Waals surface area (Å²) in [5.74, 6) is -0.0895. The van der Waals surface area contributed by atoms with E-state index in [9.17, 15) is 9.59 Å². The molecule has 0 bridgehead atoms. The van der Waals surface area contributed by atoms with Gasteiger partial charge in [-0.05, 0) is 11.4 Å². The Morgan fingerprint density at radius 1 is 1.56 bits per heavy atom. The van der Waals surface area contributed by atoms with Crippen LogP contribution in [-0.4, -0.2) is 29.8 Å². The summed E-state index contributed by atoms with van der Waals surface area (Å²) in [5.41, 5.74) is 0. The molecule has 1 N–H and O–H groups in total. The molecular weight excluding hydrogens is 248 g/mol. The molecule has 0 spiro atoms. The molecule has 98 valence electrons. The first-order valence-corrected chi connectivity index (χ1v) is 6.67. The first-order chi connectivity index (χ1) is 8.63. The summed E-state index contributed by atoms with van der Waals surface area (Å²) in [6.07, 6.45) is 2.03. The lowest BCUT2D eigenvalue weighted by Crippen LogP contribution is -2.33. The van der Waals surface area contributed by atoms with Crippen LogP contribution in [0.5, 0.6) is 0 Å². The number of carbonyl (C=O) groups excluding carboxylic acids is 2. The summed E-state index contributed by atoms with van der Waals surface area (Å²) < 4.78 is 0. The van der Waals surface area contributed by atoms with Gasteiger partial charge in [0.2, 0.25) is 11.8 Å². The van der Waals surface area contributed by atoms with E-state index < -0.39 is 0 Å². The smallest absolute Gasteiger partial charge is 0.224 e. The number of hydrogen-bond acceptors (Lipinski definition) is 3. The molecule has 0 aliphatic heterocycles. The Kier molecular flexibility index (Phi) is 6.14. The second-order valence-corrected chi connectivity index (χ2v) is 4.91. The fraction of sp³-hybridized carbons (Fsp3) is 0.385. The van der Waals surface area contributed by atoms with Crippen molar-refractivity contribution in [3.63, 3.8) is 0 Å². The van der Waals surface area contributed by atoms with Gasteiger partial charge in [0.1, 0.15) is 0 Å². The Morgan fingerprint density at radius 3 is 2.89 bits per heavy atom. The Hall–Kier alpha value is -1.62. The first-order valence-electron chi connectivity index (χ1n) is 5.79. The van der Waals surface area contributed by atoms with E-state index in [4.69, 9.17) is 0 Å². The third-order valence-corrected chi connectivity index (χ3v) is 3.20. The normalized spacial score (nSPS) is 9.83. The van der Waals surface area contributed by atoms with Gasteiger partial charge in [0, 0.05) is 31.3 Å². The van der Waals surface area contributed by atoms with Crippen LogP contribution in [0.2, 0.25) is 0 Å². The van der Waals surface area contributed by atoms with E-state index in [1.165, 1.54) is 6.92 Å². The van der Waals surface area contributed by atoms with Crippen LogP contribution in [0.15, 0.2) is 30.2 Å². The van der Waals surface area contributed by atoms with E-state index >= 15 is 0 Å². The largest absolute Gasteiger partial charge is 0.356 e. The highest BCUT2D eigenvalue weighted by Crippen LogP contribution is 2.12. The Balaban J connectivity index is 2.47. The average molecular weight is 266 g/mol. The molecule has 1 rings (SSSR count). The highest BCUT2D eigenvalue weighted by atomic mass is 32.1. The third-order valence-electron chi connectivity index (χ3n) is 2.34. The van der Waals surface area contributed by atoms with Crippen molar-refractivity contribution >= 4 is 23.2 Å². The zero-order valence-corrected chi connectivity index (χ0v) is 11.3. The molecule has 0 saturated heterocycles. The van der Waals surface area contributed by atoms with Crippen molar-refractivity contribution in [2.45, 2.75) is 19.9 Å². The van der Waals surface area contributed by atoms with Gasteiger partial charge in [0.05, 0.1) is 6.54 Å². The Bertz CT molecular complexity index is 401. The lowest BCUT2D eigenvalue weighted by atomic mass is 10.3. The van der Waals surface area contributed by atoms with Crippen molar-refractivity contribution in [1.82, 2.24) is 10.2 Å². The number of nitrogens with zero attached hydrogens (tertiary/aromatic N) is 1. The van der Waals surface area contributed by atoms with E-state index in [1.807, 2.05) is 17.5 Å². The van der Waals surface area contributed by atoms with E-state index in [0.29, 0.717) is 26.1 Å². The maximum absolute atomic E-state index is 12.0. The van der Waals surface area contributed by atoms with Crippen LogP contribution in [0.1, 0.15) is 18.2 Å². The molecule has 5 heteroatoms. The highest BCUT2D eigenvalue weighted by molar-refractivity contribution is 7.09. The van der Waals surface area contributed by atoms with Gasteiger partial charge in [-0.25, -0.2) is 0 Å². The first kappa shape index (κ1) is 14.4. The summed E-state index contributed by atoms with van der Waals surface area (Å²) in [5, 5.41) is 4.61. The zero-order chi connectivity index (χ0) is 13.4. The van der Waals surface area contributed by atoms with Crippen LogP contribution < -0.4 is 5.32 Å². The highest BCUT2D eigenvalue weighted by Gasteiger charge is 2.12. The maximum atomic E-state index is 12.0. The SMILES string of the molecule is C=CCN(Cc1cccs1)C(=O)CCNC(C)=O. The van der Waals surface area contributed by atoms with Gasteiger partial charge in [0.15, 0.2) is 0 Å². The molecule has 1 aromatic heterocycles. The second-order valence-electron chi connectivity index (χ2n) is 3.88. The number of thiophene rings is 1. The Labute approximate surface area is 111 Å². The van der Waals surface area contributed by atoms with Crippen LogP contribution in [0.3, 0.4) is 0 Å². The van der Waals surface area contributed by atoms with E-state index in [0.717, 1.165) is 4.88 Å². The second kappa shape index (κ2) is 7.66. The number of nitrogens with one attached hydrogen (secondary N) is 1. The molecule has 0 aliphatic carbocycles. The van der Waals surface area contributed by atoms with Crippen LogP contribution in [0.25, 0.3) is 0 Å². The van der Waals surface area contributed by atoms with Gasteiger partial charge in [-0.15, -0.1) is 17.9 Å². The standard InChI is InChI=1S/C13H18N2O2S/c1-3-8-15(10-12-5-4-9-18-12)13(17)6-7-14-11(2)16/h3-5,9H,1,6-8,10H2,2H3,(H,14,16). The predicted molar refractivity (Wildman–Crippen MR) is 73.2 cm³/mol. The van der Waals surface area contributed by atoms with Crippen molar-refractivity contribution in [3.05, 3.63) is 35.0 Å². The summed E-state index contributed by atoms with van der Waals surface area (Å²) in [7, 11) is 0. The fourth-order valence-corrected chi connectivity index (χ4v) is 2.22. The van der Waals surface area contributed by atoms with Crippen molar-refractivity contribution in [3.8, 4) is 0 Å². The summed E-state index contributed by atoms with van der Waals surface area (Å²) in [6.45, 7) is 6.61. The van der Waals surface area contributed by atoms with Crippen LogP contribution in [0, 0.1) is 0 Å². The van der Waals surface area contributed by atoms with Crippen molar-refractivity contribution in [2.24, 2.45) is 0 Å². The molecule has 1 aromatic rings. The molecule has 0 atom stereocenters.